The van der Waals surface area contributed by atoms with Gasteiger partial charge >= 0.3 is 0 Å². The second kappa shape index (κ2) is 4.60. The van der Waals surface area contributed by atoms with Gasteiger partial charge in [-0.3, -0.25) is 10.1 Å². The number of aromatic nitrogens is 1. The summed E-state index contributed by atoms with van der Waals surface area (Å²) in [6.07, 6.45) is 2.39. The number of nitrogens with zero attached hydrogens (tertiary/aromatic N) is 1. The van der Waals surface area contributed by atoms with E-state index >= 15 is 0 Å². The van der Waals surface area contributed by atoms with Crippen LogP contribution in [0.2, 0.25) is 0 Å². The fraction of sp³-hybridized carbons (Fsp3) is 0.200. The summed E-state index contributed by atoms with van der Waals surface area (Å²) in [5.41, 5.74) is 8.08. The van der Waals surface area contributed by atoms with Gasteiger partial charge in [-0.25, -0.2) is 4.98 Å². The standard InChI is InChI=1S/C15H13N3O2S/c16-10-3-4-12-9(5-10)6-13(20-12)14(19)18-15-17-11(7-21-15)8-1-2-8/h3-8H,1-2,16H2,(H,17,18,19). The Kier molecular flexibility index (Phi) is 2.71. The van der Waals surface area contributed by atoms with Gasteiger partial charge in [-0.2, -0.15) is 0 Å². The first-order valence-electron chi connectivity index (χ1n) is 6.75. The van der Waals surface area contributed by atoms with Gasteiger partial charge in [-0.1, -0.05) is 0 Å². The maximum absolute atomic E-state index is 12.2. The molecule has 3 aromatic rings. The molecule has 2 heterocycles. The molecule has 1 fully saturated rings. The van der Waals surface area contributed by atoms with E-state index in [1.54, 1.807) is 24.3 Å². The molecule has 1 saturated carbocycles. The second-order valence-electron chi connectivity index (χ2n) is 5.21. The number of benzene rings is 1. The van der Waals surface area contributed by atoms with Crippen LogP contribution in [0.25, 0.3) is 11.0 Å². The average Bonchev–Trinajstić information content (AvgIpc) is 3.06. The first-order valence-corrected chi connectivity index (χ1v) is 7.63. The zero-order valence-corrected chi connectivity index (χ0v) is 11.9. The van der Waals surface area contributed by atoms with E-state index in [0.29, 0.717) is 22.3 Å². The summed E-state index contributed by atoms with van der Waals surface area (Å²) in [6, 6.07) is 6.98. The summed E-state index contributed by atoms with van der Waals surface area (Å²) in [7, 11) is 0. The number of carbonyl (C=O) groups excluding carboxylic acids is 1. The number of fused-ring (bicyclic) bond motifs is 1. The molecule has 4 rings (SSSR count). The molecule has 0 spiro atoms. The van der Waals surface area contributed by atoms with Crippen molar-refractivity contribution in [1.29, 1.82) is 0 Å². The molecular weight excluding hydrogens is 286 g/mol. The Hall–Kier alpha value is -2.34. The molecule has 1 aliphatic rings. The van der Waals surface area contributed by atoms with E-state index in [4.69, 9.17) is 10.2 Å². The monoisotopic (exact) mass is 299 g/mol. The van der Waals surface area contributed by atoms with Crippen molar-refractivity contribution in [1.82, 2.24) is 4.98 Å². The second-order valence-corrected chi connectivity index (χ2v) is 6.07. The summed E-state index contributed by atoms with van der Waals surface area (Å²) in [5.74, 6) is 0.557. The van der Waals surface area contributed by atoms with E-state index in [1.165, 1.54) is 24.2 Å². The fourth-order valence-corrected chi connectivity index (χ4v) is 3.03. The number of thiazole rings is 1. The highest BCUT2D eigenvalue weighted by Gasteiger charge is 2.26. The minimum absolute atomic E-state index is 0.263. The molecule has 3 N–H and O–H groups in total. The molecule has 1 aromatic carbocycles. The SMILES string of the molecule is Nc1ccc2oc(C(=O)Nc3nc(C4CC4)cs3)cc2c1. The van der Waals surface area contributed by atoms with E-state index < -0.39 is 0 Å². The Morgan fingerprint density at radius 2 is 2.24 bits per heavy atom. The number of hydrogen-bond acceptors (Lipinski definition) is 5. The summed E-state index contributed by atoms with van der Waals surface area (Å²) in [4.78, 5) is 16.6. The largest absolute Gasteiger partial charge is 0.451 e. The minimum atomic E-state index is -0.290. The first kappa shape index (κ1) is 12.4. The Morgan fingerprint density at radius 3 is 3.05 bits per heavy atom. The quantitative estimate of drug-likeness (QED) is 0.724. The number of nitrogen functional groups attached to an aromatic ring is 1. The number of carbonyl (C=O) groups is 1. The highest BCUT2D eigenvalue weighted by atomic mass is 32.1. The maximum Gasteiger partial charge on any atom is 0.293 e. The molecule has 6 heteroatoms. The minimum Gasteiger partial charge on any atom is -0.451 e. The van der Waals surface area contributed by atoms with Gasteiger partial charge in [-0.05, 0) is 37.1 Å². The van der Waals surface area contributed by atoms with E-state index in [1.807, 2.05) is 5.38 Å². The summed E-state index contributed by atoms with van der Waals surface area (Å²) >= 11 is 1.45. The summed E-state index contributed by atoms with van der Waals surface area (Å²) < 4.78 is 5.53. The zero-order chi connectivity index (χ0) is 14.4. The van der Waals surface area contributed by atoms with Crippen LogP contribution in [0.1, 0.15) is 35.0 Å². The Balaban J connectivity index is 1.57. The Labute approximate surface area is 124 Å². The van der Waals surface area contributed by atoms with Crippen LogP contribution in [0.15, 0.2) is 34.1 Å². The van der Waals surface area contributed by atoms with E-state index in [2.05, 4.69) is 10.3 Å². The molecule has 0 saturated heterocycles. The molecule has 0 atom stereocenters. The third kappa shape index (κ3) is 2.38. The molecule has 0 radical (unpaired) electrons. The van der Waals surface area contributed by atoms with Crippen LogP contribution >= 0.6 is 11.3 Å². The highest BCUT2D eigenvalue weighted by molar-refractivity contribution is 7.14. The van der Waals surface area contributed by atoms with E-state index in [9.17, 15) is 4.79 Å². The molecular formula is C15H13N3O2S. The van der Waals surface area contributed by atoms with Gasteiger partial charge in [0.25, 0.3) is 5.91 Å². The molecule has 21 heavy (non-hydrogen) atoms. The van der Waals surface area contributed by atoms with Crippen LogP contribution in [0.5, 0.6) is 0 Å². The number of anilines is 2. The van der Waals surface area contributed by atoms with E-state index in [0.717, 1.165) is 11.1 Å². The van der Waals surface area contributed by atoms with Crippen molar-refractivity contribution in [2.24, 2.45) is 0 Å². The molecule has 0 unspecified atom stereocenters. The van der Waals surface area contributed by atoms with Crippen LogP contribution in [0.4, 0.5) is 10.8 Å². The topological polar surface area (TPSA) is 81.1 Å². The van der Waals surface area contributed by atoms with Crippen molar-refractivity contribution in [2.75, 3.05) is 11.1 Å². The van der Waals surface area contributed by atoms with Crippen LogP contribution in [-0.4, -0.2) is 10.9 Å². The van der Waals surface area contributed by atoms with Crippen LogP contribution in [0.3, 0.4) is 0 Å². The normalized spacial score (nSPS) is 14.5. The number of nitrogens with two attached hydrogens (primary N) is 1. The molecule has 2 aromatic heterocycles. The maximum atomic E-state index is 12.2. The number of furan rings is 1. The van der Waals surface area contributed by atoms with Gasteiger partial charge in [0.15, 0.2) is 10.9 Å². The molecule has 5 nitrogen and oxygen atoms in total. The lowest BCUT2D eigenvalue weighted by Crippen LogP contribution is -2.10. The predicted molar refractivity (Wildman–Crippen MR) is 82.7 cm³/mol. The lowest BCUT2D eigenvalue weighted by molar-refractivity contribution is 0.0998. The van der Waals surface area contributed by atoms with Gasteiger partial charge in [0.2, 0.25) is 0 Å². The van der Waals surface area contributed by atoms with Crippen molar-refractivity contribution < 1.29 is 9.21 Å². The van der Waals surface area contributed by atoms with Crippen molar-refractivity contribution in [2.45, 2.75) is 18.8 Å². The van der Waals surface area contributed by atoms with Crippen molar-refractivity contribution in [3.05, 3.63) is 41.1 Å². The lowest BCUT2D eigenvalue weighted by Gasteiger charge is -1.97. The smallest absolute Gasteiger partial charge is 0.293 e. The summed E-state index contributed by atoms with van der Waals surface area (Å²) in [5, 5.41) is 6.22. The van der Waals surface area contributed by atoms with Gasteiger partial charge in [-0.15, -0.1) is 11.3 Å². The highest BCUT2D eigenvalue weighted by Crippen LogP contribution is 2.40. The van der Waals surface area contributed by atoms with Crippen LogP contribution in [0, 0.1) is 0 Å². The molecule has 1 aliphatic carbocycles. The van der Waals surface area contributed by atoms with Gasteiger partial charge in [0, 0.05) is 22.4 Å². The van der Waals surface area contributed by atoms with Crippen molar-refractivity contribution >= 4 is 39.0 Å². The van der Waals surface area contributed by atoms with E-state index in [-0.39, 0.29) is 11.7 Å². The molecule has 1 amide bonds. The molecule has 0 aliphatic heterocycles. The Morgan fingerprint density at radius 1 is 1.38 bits per heavy atom. The van der Waals surface area contributed by atoms with Gasteiger partial charge in [0.1, 0.15) is 5.58 Å². The van der Waals surface area contributed by atoms with Crippen molar-refractivity contribution in [3.8, 4) is 0 Å². The number of amides is 1. The lowest BCUT2D eigenvalue weighted by atomic mass is 10.2. The predicted octanol–water partition coefficient (Wildman–Crippen LogP) is 3.60. The van der Waals surface area contributed by atoms with Crippen LogP contribution in [-0.2, 0) is 0 Å². The third-order valence-electron chi connectivity index (χ3n) is 3.50. The fourth-order valence-electron chi connectivity index (χ4n) is 2.24. The van der Waals surface area contributed by atoms with Gasteiger partial charge < -0.3 is 10.2 Å². The molecule has 0 bridgehead atoms. The zero-order valence-electron chi connectivity index (χ0n) is 11.1. The number of hydrogen-bond donors (Lipinski definition) is 2. The number of nitrogens with one attached hydrogen (secondary N) is 1. The van der Waals surface area contributed by atoms with Crippen molar-refractivity contribution in [3.63, 3.8) is 0 Å². The average molecular weight is 299 g/mol. The van der Waals surface area contributed by atoms with Gasteiger partial charge in [0.05, 0.1) is 5.69 Å². The van der Waals surface area contributed by atoms with Crippen LogP contribution < -0.4 is 11.1 Å². The number of rotatable bonds is 3. The first-order chi connectivity index (χ1) is 10.2. The third-order valence-corrected chi connectivity index (χ3v) is 4.28. The molecule has 106 valence electrons. The summed E-state index contributed by atoms with van der Waals surface area (Å²) in [6.45, 7) is 0. The Bertz CT molecular complexity index is 832.